The van der Waals surface area contributed by atoms with Gasteiger partial charge in [-0.3, -0.25) is 4.98 Å². The monoisotopic (exact) mass is 223 g/mol. The number of carbonyl (C=O) groups excluding carboxylic acids is 1. The number of pyridine rings is 1. The van der Waals surface area contributed by atoms with E-state index < -0.39 is 0 Å². The van der Waals surface area contributed by atoms with E-state index in [1.165, 1.54) is 0 Å². The van der Waals surface area contributed by atoms with Crippen LogP contribution in [0, 0.1) is 0 Å². The SMILES string of the molecule is CCC(O)CCNC(=O)Nc1cccnc1. The van der Waals surface area contributed by atoms with Gasteiger partial charge in [0.2, 0.25) is 0 Å². The second-order valence-electron chi connectivity index (χ2n) is 3.47. The summed E-state index contributed by atoms with van der Waals surface area (Å²) in [7, 11) is 0. The van der Waals surface area contributed by atoms with Crippen molar-refractivity contribution in [3.05, 3.63) is 24.5 Å². The normalized spacial score (nSPS) is 11.9. The standard InChI is InChI=1S/C11H17N3O2/c1-2-10(15)5-7-13-11(16)14-9-4-3-6-12-8-9/h3-4,6,8,10,15H,2,5,7H2,1H3,(H2,13,14,16). The highest BCUT2D eigenvalue weighted by atomic mass is 16.3. The van der Waals surface area contributed by atoms with Crippen LogP contribution in [0.1, 0.15) is 19.8 Å². The van der Waals surface area contributed by atoms with Gasteiger partial charge in [-0.05, 0) is 25.0 Å². The molecule has 1 aromatic heterocycles. The van der Waals surface area contributed by atoms with Crippen molar-refractivity contribution in [2.45, 2.75) is 25.9 Å². The molecule has 0 saturated carbocycles. The molecular formula is C11H17N3O2. The summed E-state index contributed by atoms with van der Waals surface area (Å²) >= 11 is 0. The Balaban J connectivity index is 2.21. The lowest BCUT2D eigenvalue weighted by Gasteiger charge is -2.09. The average Bonchev–Trinajstić information content (AvgIpc) is 2.30. The van der Waals surface area contributed by atoms with Crippen LogP contribution in [0.2, 0.25) is 0 Å². The van der Waals surface area contributed by atoms with Crippen LogP contribution in [-0.2, 0) is 0 Å². The fourth-order valence-corrected chi connectivity index (χ4v) is 1.17. The molecule has 0 spiro atoms. The molecule has 1 aromatic rings. The summed E-state index contributed by atoms with van der Waals surface area (Å²) in [5, 5.41) is 14.6. The first-order valence-corrected chi connectivity index (χ1v) is 5.35. The van der Waals surface area contributed by atoms with E-state index in [-0.39, 0.29) is 12.1 Å². The number of nitrogens with zero attached hydrogens (tertiary/aromatic N) is 1. The van der Waals surface area contributed by atoms with Crippen LogP contribution in [0.15, 0.2) is 24.5 Å². The quantitative estimate of drug-likeness (QED) is 0.705. The zero-order valence-corrected chi connectivity index (χ0v) is 9.31. The molecule has 5 heteroatoms. The number of hydrogen-bond donors (Lipinski definition) is 3. The van der Waals surface area contributed by atoms with Gasteiger partial charge in [0.05, 0.1) is 18.0 Å². The molecule has 0 saturated heterocycles. The van der Waals surface area contributed by atoms with E-state index in [2.05, 4.69) is 15.6 Å². The Morgan fingerprint density at radius 3 is 3.06 bits per heavy atom. The minimum absolute atomic E-state index is 0.281. The molecular weight excluding hydrogens is 206 g/mol. The first-order valence-electron chi connectivity index (χ1n) is 5.35. The number of hydrogen-bond acceptors (Lipinski definition) is 3. The molecule has 1 rings (SSSR count). The van der Waals surface area contributed by atoms with Crippen molar-refractivity contribution in [1.82, 2.24) is 10.3 Å². The number of amides is 2. The predicted molar refractivity (Wildman–Crippen MR) is 62.2 cm³/mol. The Labute approximate surface area is 94.9 Å². The van der Waals surface area contributed by atoms with E-state index >= 15 is 0 Å². The maximum Gasteiger partial charge on any atom is 0.319 e. The van der Waals surface area contributed by atoms with Crippen molar-refractivity contribution >= 4 is 11.7 Å². The number of aromatic nitrogens is 1. The largest absolute Gasteiger partial charge is 0.393 e. The minimum Gasteiger partial charge on any atom is -0.393 e. The molecule has 3 N–H and O–H groups in total. The number of aliphatic hydroxyl groups is 1. The van der Waals surface area contributed by atoms with Crippen molar-refractivity contribution < 1.29 is 9.90 Å². The molecule has 0 radical (unpaired) electrons. The van der Waals surface area contributed by atoms with Gasteiger partial charge in [-0.15, -0.1) is 0 Å². The van der Waals surface area contributed by atoms with Crippen LogP contribution < -0.4 is 10.6 Å². The van der Waals surface area contributed by atoms with E-state index in [0.29, 0.717) is 25.1 Å². The fourth-order valence-electron chi connectivity index (χ4n) is 1.17. The third-order valence-corrected chi connectivity index (χ3v) is 2.15. The van der Waals surface area contributed by atoms with Gasteiger partial charge >= 0.3 is 6.03 Å². The summed E-state index contributed by atoms with van der Waals surface area (Å²) in [5.41, 5.74) is 0.649. The second kappa shape index (κ2) is 6.79. The number of rotatable bonds is 5. The smallest absolute Gasteiger partial charge is 0.319 e. The lowest BCUT2D eigenvalue weighted by molar-refractivity contribution is 0.160. The molecule has 0 aliphatic rings. The molecule has 0 aromatic carbocycles. The number of carbonyl (C=O) groups is 1. The number of aliphatic hydroxyl groups excluding tert-OH is 1. The third-order valence-electron chi connectivity index (χ3n) is 2.15. The van der Waals surface area contributed by atoms with Crippen molar-refractivity contribution in [2.24, 2.45) is 0 Å². The van der Waals surface area contributed by atoms with Crippen molar-refractivity contribution in [1.29, 1.82) is 0 Å². The molecule has 0 bridgehead atoms. The maximum atomic E-state index is 11.4. The van der Waals surface area contributed by atoms with Crippen molar-refractivity contribution in [3.63, 3.8) is 0 Å². The molecule has 16 heavy (non-hydrogen) atoms. The number of urea groups is 1. The van der Waals surface area contributed by atoms with E-state index in [0.717, 1.165) is 0 Å². The van der Waals surface area contributed by atoms with Crippen LogP contribution >= 0.6 is 0 Å². The van der Waals surface area contributed by atoms with Crippen LogP contribution in [0.25, 0.3) is 0 Å². The van der Waals surface area contributed by atoms with E-state index in [9.17, 15) is 9.90 Å². The van der Waals surface area contributed by atoms with Gasteiger partial charge in [-0.2, -0.15) is 0 Å². The Hall–Kier alpha value is -1.62. The topological polar surface area (TPSA) is 74.2 Å². The Morgan fingerprint density at radius 2 is 2.44 bits per heavy atom. The van der Waals surface area contributed by atoms with E-state index in [4.69, 9.17) is 0 Å². The summed E-state index contributed by atoms with van der Waals surface area (Å²) in [5.74, 6) is 0. The molecule has 1 atom stereocenters. The van der Waals surface area contributed by atoms with Crippen LogP contribution in [0.5, 0.6) is 0 Å². The summed E-state index contributed by atoms with van der Waals surface area (Å²) in [4.78, 5) is 15.2. The van der Waals surface area contributed by atoms with Crippen molar-refractivity contribution in [3.8, 4) is 0 Å². The van der Waals surface area contributed by atoms with Gasteiger partial charge in [-0.25, -0.2) is 4.79 Å². The van der Waals surface area contributed by atoms with Crippen LogP contribution in [0.4, 0.5) is 10.5 Å². The van der Waals surface area contributed by atoms with Gasteiger partial charge in [0.1, 0.15) is 0 Å². The van der Waals surface area contributed by atoms with Gasteiger partial charge in [0.15, 0.2) is 0 Å². The molecule has 2 amide bonds. The minimum atomic E-state index is -0.348. The Morgan fingerprint density at radius 1 is 1.62 bits per heavy atom. The lowest BCUT2D eigenvalue weighted by Crippen LogP contribution is -2.31. The summed E-state index contributed by atoms with van der Waals surface area (Å²) < 4.78 is 0. The number of nitrogens with one attached hydrogen (secondary N) is 2. The van der Waals surface area contributed by atoms with Crippen LogP contribution in [0.3, 0.4) is 0 Å². The first kappa shape index (κ1) is 12.4. The molecule has 1 unspecified atom stereocenters. The van der Waals surface area contributed by atoms with E-state index in [1.807, 2.05) is 6.92 Å². The second-order valence-corrected chi connectivity index (χ2v) is 3.47. The zero-order chi connectivity index (χ0) is 11.8. The van der Waals surface area contributed by atoms with Crippen molar-refractivity contribution in [2.75, 3.05) is 11.9 Å². The van der Waals surface area contributed by atoms with Gasteiger partial charge in [0.25, 0.3) is 0 Å². The molecule has 0 fully saturated rings. The summed E-state index contributed by atoms with van der Waals surface area (Å²) in [6, 6.07) is 3.22. The molecule has 1 heterocycles. The predicted octanol–water partition coefficient (Wildman–Crippen LogP) is 1.36. The zero-order valence-electron chi connectivity index (χ0n) is 9.31. The van der Waals surface area contributed by atoms with E-state index in [1.54, 1.807) is 24.5 Å². The third kappa shape index (κ3) is 4.75. The number of anilines is 1. The Kier molecular flexibility index (Phi) is 5.28. The highest BCUT2D eigenvalue weighted by molar-refractivity contribution is 5.88. The highest BCUT2D eigenvalue weighted by Crippen LogP contribution is 2.01. The van der Waals surface area contributed by atoms with Gasteiger partial charge in [-0.1, -0.05) is 6.92 Å². The molecule has 88 valence electrons. The molecule has 0 aliphatic heterocycles. The first-order chi connectivity index (χ1) is 7.72. The summed E-state index contributed by atoms with van der Waals surface area (Å²) in [6.45, 7) is 2.36. The highest BCUT2D eigenvalue weighted by Gasteiger charge is 2.03. The lowest BCUT2D eigenvalue weighted by atomic mass is 10.2. The summed E-state index contributed by atoms with van der Waals surface area (Å²) in [6.07, 6.45) is 4.13. The Bertz CT molecular complexity index is 316. The maximum absolute atomic E-state index is 11.4. The van der Waals surface area contributed by atoms with Crippen LogP contribution in [-0.4, -0.2) is 28.8 Å². The van der Waals surface area contributed by atoms with Gasteiger partial charge in [0, 0.05) is 12.7 Å². The molecule has 0 aliphatic carbocycles. The molecule has 5 nitrogen and oxygen atoms in total. The average molecular weight is 223 g/mol. The fraction of sp³-hybridized carbons (Fsp3) is 0.455. The van der Waals surface area contributed by atoms with Gasteiger partial charge < -0.3 is 15.7 Å².